The zero-order valence-corrected chi connectivity index (χ0v) is 14.5. The lowest BCUT2D eigenvalue weighted by Gasteiger charge is -2.20. The molecule has 2 unspecified atom stereocenters. The molecule has 1 amide bonds. The second-order valence-electron chi connectivity index (χ2n) is 5.73. The Balaban J connectivity index is 1.96. The summed E-state index contributed by atoms with van der Waals surface area (Å²) in [5.74, 6) is 0. The molecule has 2 atom stereocenters. The number of benzene rings is 2. The summed E-state index contributed by atoms with van der Waals surface area (Å²) in [7, 11) is -3.14. The van der Waals surface area contributed by atoms with E-state index in [1.165, 1.54) is 6.66 Å². The topological polar surface area (TPSA) is 75.6 Å². The molecule has 0 bridgehead atoms. The highest BCUT2D eigenvalue weighted by molar-refractivity contribution is 7.57. The lowest BCUT2D eigenvalue weighted by molar-refractivity contribution is 0.135. The van der Waals surface area contributed by atoms with E-state index in [2.05, 4.69) is 5.32 Å². The molecule has 2 aromatic carbocycles. The molecule has 2 aromatic rings. The van der Waals surface area contributed by atoms with Crippen LogP contribution in [0.4, 0.5) is 4.79 Å². The van der Waals surface area contributed by atoms with Crippen LogP contribution in [-0.4, -0.2) is 23.8 Å². The highest BCUT2D eigenvalue weighted by atomic mass is 31.2. The highest BCUT2D eigenvalue weighted by Crippen LogP contribution is 2.37. The van der Waals surface area contributed by atoms with E-state index in [0.717, 1.165) is 11.1 Å². The molecule has 128 valence electrons. The third kappa shape index (κ3) is 6.57. The monoisotopic (exact) mass is 347 g/mol. The average molecular weight is 347 g/mol. The Morgan fingerprint density at radius 1 is 1.12 bits per heavy atom. The van der Waals surface area contributed by atoms with Gasteiger partial charge in [0.05, 0.1) is 6.04 Å². The van der Waals surface area contributed by atoms with E-state index in [0.29, 0.717) is 6.42 Å². The number of amides is 1. The van der Waals surface area contributed by atoms with Gasteiger partial charge in [0.1, 0.15) is 6.61 Å². The third-order valence-corrected chi connectivity index (χ3v) is 4.63. The minimum absolute atomic E-state index is 0.130. The molecule has 2 N–H and O–H groups in total. The van der Waals surface area contributed by atoms with Gasteiger partial charge in [0.2, 0.25) is 0 Å². The van der Waals surface area contributed by atoms with Gasteiger partial charge in [-0.25, -0.2) is 4.79 Å². The molecule has 0 aromatic heterocycles. The van der Waals surface area contributed by atoms with Gasteiger partial charge in [-0.1, -0.05) is 60.7 Å². The first kappa shape index (κ1) is 18.2. The van der Waals surface area contributed by atoms with Gasteiger partial charge in [-0.15, -0.1) is 0 Å². The van der Waals surface area contributed by atoms with Crippen LogP contribution in [0.2, 0.25) is 0 Å². The Morgan fingerprint density at radius 3 is 2.29 bits per heavy atom. The molecular weight excluding hydrogens is 325 g/mol. The van der Waals surface area contributed by atoms with Crippen LogP contribution in [0.25, 0.3) is 0 Å². The third-order valence-electron chi connectivity index (χ3n) is 3.54. The summed E-state index contributed by atoms with van der Waals surface area (Å²) in [6.07, 6.45) is -0.0446. The minimum Gasteiger partial charge on any atom is -0.445 e. The number of ether oxygens (including phenoxy) is 1. The SMILES string of the molecule is CP(=O)(O)CCC(NC(=O)OCc1ccccc1)c1ccccc1. The second kappa shape index (κ2) is 8.67. The Hall–Kier alpha value is -2.10. The van der Waals surface area contributed by atoms with Crippen molar-refractivity contribution in [2.24, 2.45) is 0 Å². The van der Waals surface area contributed by atoms with Crippen molar-refractivity contribution in [2.75, 3.05) is 12.8 Å². The fourth-order valence-electron chi connectivity index (χ4n) is 2.28. The lowest BCUT2D eigenvalue weighted by Crippen LogP contribution is -2.29. The first-order valence-corrected chi connectivity index (χ1v) is 10.0. The fourth-order valence-corrected chi connectivity index (χ4v) is 3.02. The van der Waals surface area contributed by atoms with Crippen LogP contribution in [0.3, 0.4) is 0 Å². The van der Waals surface area contributed by atoms with E-state index in [-0.39, 0.29) is 18.8 Å². The summed E-state index contributed by atoms with van der Waals surface area (Å²) in [6.45, 7) is 1.50. The van der Waals surface area contributed by atoms with Gasteiger partial charge in [-0.05, 0) is 17.5 Å². The smallest absolute Gasteiger partial charge is 0.407 e. The zero-order valence-electron chi connectivity index (χ0n) is 13.6. The molecule has 2 rings (SSSR count). The van der Waals surface area contributed by atoms with E-state index >= 15 is 0 Å². The molecule has 0 aliphatic rings. The Morgan fingerprint density at radius 2 is 1.71 bits per heavy atom. The Labute approximate surface area is 142 Å². The number of rotatable bonds is 7. The summed E-state index contributed by atoms with van der Waals surface area (Å²) in [5, 5.41) is 2.78. The van der Waals surface area contributed by atoms with E-state index in [9.17, 15) is 14.3 Å². The van der Waals surface area contributed by atoms with Gasteiger partial charge in [-0.3, -0.25) is 4.57 Å². The molecule has 5 nitrogen and oxygen atoms in total. The van der Waals surface area contributed by atoms with Crippen LogP contribution in [-0.2, 0) is 15.9 Å². The van der Waals surface area contributed by atoms with E-state index < -0.39 is 13.5 Å². The van der Waals surface area contributed by atoms with Crippen molar-refractivity contribution in [1.82, 2.24) is 5.32 Å². The van der Waals surface area contributed by atoms with E-state index in [1.54, 1.807) is 0 Å². The molecular formula is C18H22NO4P. The van der Waals surface area contributed by atoms with Crippen molar-refractivity contribution in [3.63, 3.8) is 0 Å². The molecule has 0 saturated heterocycles. The van der Waals surface area contributed by atoms with Crippen LogP contribution in [0, 0.1) is 0 Å². The van der Waals surface area contributed by atoms with Crippen LogP contribution in [0.5, 0.6) is 0 Å². The summed E-state index contributed by atoms with van der Waals surface area (Å²) in [4.78, 5) is 21.6. The number of carbonyl (C=O) groups excluding carboxylic acids is 1. The quantitative estimate of drug-likeness (QED) is 0.744. The molecule has 0 aliphatic heterocycles. The molecule has 0 aliphatic carbocycles. The van der Waals surface area contributed by atoms with E-state index in [4.69, 9.17) is 4.74 Å². The normalized spacial score (nSPS) is 14.4. The van der Waals surface area contributed by atoms with Gasteiger partial charge in [0.25, 0.3) is 0 Å². The lowest BCUT2D eigenvalue weighted by atomic mass is 10.1. The van der Waals surface area contributed by atoms with Gasteiger partial charge >= 0.3 is 6.09 Å². The summed E-state index contributed by atoms with van der Waals surface area (Å²) in [5.41, 5.74) is 1.78. The maximum absolute atomic E-state index is 12.1. The zero-order chi connectivity index (χ0) is 17.4. The summed E-state index contributed by atoms with van der Waals surface area (Å²) >= 11 is 0. The number of nitrogens with one attached hydrogen (secondary N) is 1. The Bertz CT molecular complexity index is 685. The molecule has 24 heavy (non-hydrogen) atoms. The fraction of sp³-hybridized carbons (Fsp3) is 0.278. The summed E-state index contributed by atoms with van der Waals surface area (Å²) < 4.78 is 16.8. The first-order valence-electron chi connectivity index (χ1n) is 7.75. The van der Waals surface area contributed by atoms with Crippen LogP contribution >= 0.6 is 7.37 Å². The van der Waals surface area contributed by atoms with Gasteiger partial charge < -0.3 is 14.9 Å². The van der Waals surface area contributed by atoms with Gasteiger partial charge in [-0.2, -0.15) is 0 Å². The first-order chi connectivity index (χ1) is 11.4. The molecule has 0 radical (unpaired) electrons. The number of hydrogen-bond acceptors (Lipinski definition) is 3. The standard InChI is InChI=1S/C18H22NO4P/c1-24(21,22)13-12-17(16-10-6-3-7-11-16)19-18(20)23-14-15-8-4-2-5-9-15/h2-11,17H,12-14H2,1H3,(H,19,20)(H,21,22). The van der Waals surface area contributed by atoms with Crippen LogP contribution in [0.15, 0.2) is 60.7 Å². The van der Waals surface area contributed by atoms with Gasteiger partial charge in [0, 0.05) is 12.8 Å². The van der Waals surface area contributed by atoms with Crippen molar-refractivity contribution < 1.29 is 19.0 Å². The van der Waals surface area contributed by atoms with Crippen molar-refractivity contribution in [3.05, 3.63) is 71.8 Å². The van der Waals surface area contributed by atoms with Crippen molar-refractivity contribution >= 4 is 13.5 Å². The highest BCUT2D eigenvalue weighted by Gasteiger charge is 2.19. The molecule has 0 saturated carbocycles. The summed E-state index contributed by atoms with van der Waals surface area (Å²) in [6, 6.07) is 18.4. The van der Waals surface area contributed by atoms with E-state index in [1.807, 2.05) is 60.7 Å². The predicted molar refractivity (Wildman–Crippen MR) is 94.2 cm³/mol. The maximum Gasteiger partial charge on any atom is 0.407 e. The second-order valence-corrected chi connectivity index (χ2v) is 8.28. The van der Waals surface area contributed by atoms with Crippen LogP contribution < -0.4 is 5.32 Å². The van der Waals surface area contributed by atoms with Crippen molar-refractivity contribution in [1.29, 1.82) is 0 Å². The van der Waals surface area contributed by atoms with Crippen molar-refractivity contribution in [2.45, 2.75) is 19.1 Å². The Kier molecular flexibility index (Phi) is 6.59. The number of hydrogen-bond donors (Lipinski definition) is 2. The van der Waals surface area contributed by atoms with Gasteiger partial charge in [0.15, 0.2) is 7.37 Å². The largest absolute Gasteiger partial charge is 0.445 e. The number of carbonyl (C=O) groups is 1. The number of alkyl carbamates (subject to hydrolysis) is 1. The van der Waals surface area contributed by atoms with Crippen LogP contribution in [0.1, 0.15) is 23.6 Å². The minimum atomic E-state index is -3.14. The molecule has 6 heteroatoms. The molecule has 0 fully saturated rings. The average Bonchev–Trinajstić information content (AvgIpc) is 2.57. The van der Waals surface area contributed by atoms with Crippen molar-refractivity contribution in [3.8, 4) is 0 Å². The predicted octanol–water partition coefficient (Wildman–Crippen LogP) is 3.94. The maximum atomic E-state index is 12.1. The molecule has 0 spiro atoms. The molecule has 0 heterocycles.